The molecule has 0 atom stereocenters. The molecule has 0 radical (unpaired) electrons. The Bertz CT molecular complexity index is 457. The van der Waals surface area contributed by atoms with Crippen LogP contribution in [-0.4, -0.2) is 57.7 Å². The molecule has 0 aromatic carbocycles. The number of hydrogen-bond acceptors (Lipinski definition) is 5. The average molecular weight is 321 g/mol. The second-order valence-electron chi connectivity index (χ2n) is 6.59. The first-order chi connectivity index (χ1) is 11.1. The third kappa shape index (κ3) is 3.44. The van der Waals surface area contributed by atoms with Gasteiger partial charge in [-0.15, -0.1) is 0 Å². The molecule has 0 bridgehead atoms. The smallest absolute Gasteiger partial charge is 0.230 e. The van der Waals surface area contributed by atoms with E-state index in [4.69, 9.17) is 0 Å². The molecule has 2 heterocycles. The third-order valence-electron chi connectivity index (χ3n) is 5.05. The molecule has 3 fully saturated rings. The Balaban J connectivity index is 1.73. The van der Waals surface area contributed by atoms with Crippen molar-refractivity contribution in [3.8, 4) is 0 Å². The normalized spacial score (nSPS) is 23.7. The van der Waals surface area contributed by atoms with Crippen molar-refractivity contribution in [2.75, 3.05) is 13.3 Å². The Morgan fingerprint density at radius 3 is 1.48 bits per heavy atom. The highest BCUT2D eigenvalue weighted by molar-refractivity contribution is 6.02. The van der Waals surface area contributed by atoms with Crippen LogP contribution in [0.1, 0.15) is 57.8 Å². The Morgan fingerprint density at radius 1 is 0.696 bits per heavy atom. The van der Waals surface area contributed by atoms with Crippen molar-refractivity contribution < 1.29 is 19.2 Å². The van der Waals surface area contributed by atoms with Gasteiger partial charge in [-0.05, 0) is 12.8 Å². The Kier molecular flexibility index (Phi) is 4.75. The van der Waals surface area contributed by atoms with Crippen LogP contribution in [0.2, 0.25) is 0 Å². The molecule has 3 rings (SSSR count). The molecular formula is C16H23N3O4. The Labute approximate surface area is 135 Å². The van der Waals surface area contributed by atoms with Gasteiger partial charge in [0.15, 0.2) is 0 Å². The lowest BCUT2D eigenvalue weighted by Crippen LogP contribution is -2.51. The van der Waals surface area contributed by atoms with Crippen molar-refractivity contribution in [1.82, 2.24) is 14.7 Å². The Morgan fingerprint density at radius 2 is 1.09 bits per heavy atom. The molecule has 1 aliphatic carbocycles. The standard InChI is InChI=1S/C16H23N3O4/c20-13-6-7-14(21)18(13)10-17(12-4-2-1-3-5-12)11-19-15(22)8-9-16(19)23/h12H,1-11H2. The van der Waals surface area contributed by atoms with Crippen molar-refractivity contribution in [3.63, 3.8) is 0 Å². The zero-order valence-electron chi connectivity index (χ0n) is 13.3. The van der Waals surface area contributed by atoms with Gasteiger partial charge < -0.3 is 0 Å². The van der Waals surface area contributed by atoms with Crippen LogP contribution >= 0.6 is 0 Å². The topological polar surface area (TPSA) is 78.0 Å². The van der Waals surface area contributed by atoms with E-state index in [1.807, 2.05) is 4.90 Å². The summed E-state index contributed by atoms with van der Waals surface area (Å²) in [5.74, 6) is -0.630. The highest BCUT2D eigenvalue weighted by Crippen LogP contribution is 2.25. The van der Waals surface area contributed by atoms with E-state index in [0.717, 1.165) is 25.7 Å². The van der Waals surface area contributed by atoms with Crippen LogP contribution in [0.4, 0.5) is 0 Å². The van der Waals surface area contributed by atoms with Gasteiger partial charge in [-0.2, -0.15) is 0 Å². The molecule has 2 aliphatic heterocycles. The number of nitrogens with zero attached hydrogens (tertiary/aromatic N) is 3. The number of amides is 4. The lowest BCUT2D eigenvalue weighted by Gasteiger charge is -2.37. The fourth-order valence-electron chi connectivity index (χ4n) is 3.65. The summed E-state index contributed by atoms with van der Waals surface area (Å²) in [4.78, 5) is 52.1. The third-order valence-corrected chi connectivity index (χ3v) is 5.05. The highest BCUT2D eigenvalue weighted by Gasteiger charge is 2.36. The molecule has 0 spiro atoms. The van der Waals surface area contributed by atoms with Gasteiger partial charge in [0.05, 0.1) is 13.3 Å². The summed E-state index contributed by atoms with van der Waals surface area (Å²) in [6, 6.07) is 0.214. The largest absolute Gasteiger partial charge is 0.274 e. The molecule has 126 valence electrons. The minimum atomic E-state index is -0.158. The summed E-state index contributed by atoms with van der Waals surface area (Å²) in [6.45, 7) is 0.388. The van der Waals surface area contributed by atoms with Gasteiger partial charge in [0, 0.05) is 31.7 Å². The zero-order valence-corrected chi connectivity index (χ0v) is 13.3. The summed E-state index contributed by atoms with van der Waals surface area (Å²) in [6.07, 6.45) is 6.40. The second-order valence-corrected chi connectivity index (χ2v) is 6.59. The molecule has 0 N–H and O–H groups in total. The van der Waals surface area contributed by atoms with Gasteiger partial charge in [-0.3, -0.25) is 33.9 Å². The van der Waals surface area contributed by atoms with Crippen molar-refractivity contribution in [3.05, 3.63) is 0 Å². The minimum Gasteiger partial charge on any atom is -0.274 e. The lowest BCUT2D eigenvalue weighted by atomic mass is 9.94. The summed E-state index contributed by atoms with van der Waals surface area (Å²) < 4.78 is 0. The van der Waals surface area contributed by atoms with E-state index < -0.39 is 0 Å². The van der Waals surface area contributed by atoms with E-state index in [9.17, 15) is 19.2 Å². The predicted octanol–water partition coefficient (Wildman–Crippen LogP) is 0.834. The summed E-state index contributed by atoms with van der Waals surface area (Å²) in [5.41, 5.74) is 0. The first-order valence-electron chi connectivity index (χ1n) is 8.46. The number of rotatable bonds is 5. The fraction of sp³-hybridized carbons (Fsp3) is 0.750. The molecule has 3 aliphatic rings. The van der Waals surface area contributed by atoms with Gasteiger partial charge in [0.25, 0.3) is 0 Å². The monoisotopic (exact) mass is 321 g/mol. The molecule has 4 amide bonds. The molecule has 0 aromatic rings. The van der Waals surface area contributed by atoms with Crippen LogP contribution in [0.3, 0.4) is 0 Å². The van der Waals surface area contributed by atoms with Gasteiger partial charge in [0.2, 0.25) is 23.6 Å². The summed E-state index contributed by atoms with van der Waals surface area (Å²) >= 11 is 0. The van der Waals surface area contributed by atoms with Crippen LogP contribution in [0.15, 0.2) is 0 Å². The summed E-state index contributed by atoms with van der Waals surface area (Å²) in [5, 5.41) is 0. The first kappa shape index (κ1) is 16.1. The molecule has 1 saturated carbocycles. The number of carbonyl (C=O) groups is 4. The van der Waals surface area contributed by atoms with Crippen LogP contribution in [0, 0.1) is 0 Å². The van der Waals surface area contributed by atoms with Crippen molar-refractivity contribution in [2.45, 2.75) is 63.8 Å². The van der Waals surface area contributed by atoms with Crippen LogP contribution in [0.25, 0.3) is 0 Å². The maximum Gasteiger partial charge on any atom is 0.230 e. The van der Waals surface area contributed by atoms with Crippen molar-refractivity contribution >= 4 is 23.6 Å². The first-order valence-corrected chi connectivity index (χ1v) is 8.46. The summed E-state index contributed by atoms with van der Waals surface area (Å²) in [7, 11) is 0. The van der Waals surface area contributed by atoms with Gasteiger partial charge in [-0.1, -0.05) is 19.3 Å². The van der Waals surface area contributed by atoms with Gasteiger partial charge >= 0.3 is 0 Å². The second kappa shape index (κ2) is 6.78. The van der Waals surface area contributed by atoms with Crippen LogP contribution < -0.4 is 0 Å². The number of hydrogen-bond donors (Lipinski definition) is 0. The number of carbonyl (C=O) groups excluding carboxylic acids is 4. The maximum atomic E-state index is 11.9. The van der Waals surface area contributed by atoms with Crippen molar-refractivity contribution in [2.24, 2.45) is 0 Å². The SMILES string of the molecule is O=C1CCC(=O)N1CN(CN1C(=O)CCC1=O)C1CCCCC1. The molecule has 0 aromatic heterocycles. The maximum absolute atomic E-state index is 11.9. The van der Waals surface area contributed by atoms with E-state index in [1.165, 1.54) is 16.2 Å². The van der Waals surface area contributed by atoms with Crippen LogP contribution in [0.5, 0.6) is 0 Å². The molecule has 2 saturated heterocycles. The van der Waals surface area contributed by atoms with Gasteiger partial charge in [-0.25, -0.2) is 0 Å². The average Bonchev–Trinajstić information content (AvgIpc) is 3.04. The van der Waals surface area contributed by atoms with Crippen LogP contribution in [-0.2, 0) is 19.2 Å². The van der Waals surface area contributed by atoms with E-state index in [2.05, 4.69) is 0 Å². The lowest BCUT2D eigenvalue weighted by molar-refractivity contribution is -0.145. The van der Waals surface area contributed by atoms with Crippen molar-refractivity contribution in [1.29, 1.82) is 0 Å². The Hall–Kier alpha value is -1.76. The molecule has 7 heteroatoms. The fourth-order valence-corrected chi connectivity index (χ4v) is 3.65. The quantitative estimate of drug-likeness (QED) is 0.701. The van der Waals surface area contributed by atoms with Gasteiger partial charge in [0.1, 0.15) is 0 Å². The van der Waals surface area contributed by atoms with E-state index in [-0.39, 0.29) is 68.7 Å². The van der Waals surface area contributed by atoms with E-state index in [0.29, 0.717) is 0 Å². The van der Waals surface area contributed by atoms with E-state index >= 15 is 0 Å². The molecular weight excluding hydrogens is 298 g/mol. The van der Waals surface area contributed by atoms with E-state index in [1.54, 1.807) is 0 Å². The minimum absolute atomic E-state index is 0.158. The highest BCUT2D eigenvalue weighted by atomic mass is 16.2. The zero-order chi connectivity index (χ0) is 16.4. The molecule has 7 nitrogen and oxygen atoms in total. The molecule has 23 heavy (non-hydrogen) atoms. The number of imide groups is 2. The predicted molar refractivity (Wildman–Crippen MR) is 80.6 cm³/mol. The molecule has 0 unspecified atom stereocenters. The number of likely N-dealkylation sites (tertiary alicyclic amines) is 2.